The van der Waals surface area contributed by atoms with E-state index in [1.165, 1.54) is 30.4 Å². The summed E-state index contributed by atoms with van der Waals surface area (Å²) in [6.45, 7) is 4.94. The second-order valence-corrected chi connectivity index (χ2v) is 6.11. The summed E-state index contributed by atoms with van der Waals surface area (Å²) in [5, 5.41) is 1.16. The summed E-state index contributed by atoms with van der Waals surface area (Å²) in [4.78, 5) is 4.97. The van der Waals surface area contributed by atoms with Gasteiger partial charge in [-0.15, -0.1) is 0 Å². The number of hydrogen-bond donors (Lipinski definition) is 0. The van der Waals surface area contributed by atoms with Crippen molar-refractivity contribution in [2.24, 2.45) is 0 Å². The predicted octanol–water partition coefficient (Wildman–Crippen LogP) is 6.03. The van der Waals surface area contributed by atoms with Crippen molar-refractivity contribution >= 4 is 10.9 Å². The molecular weight excluding hydrogens is 294 g/mol. The van der Waals surface area contributed by atoms with Crippen molar-refractivity contribution in [3.8, 4) is 17.0 Å². The van der Waals surface area contributed by atoms with Gasteiger partial charge in [0.2, 0.25) is 0 Å². The highest BCUT2D eigenvalue weighted by atomic mass is 16.5. The van der Waals surface area contributed by atoms with Gasteiger partial charge in [-0.25, -0.2) is 4.98 Å². The van der Waals surface area contributed by atoms with E-state index in [4.69, 9.17) is 9.72 Å². The minimum Gasteiger partial charge on any atom is -0.494 e. The fraction of sp³-hybridized carbons (Fsp3) is 0.318. The first-order valence-electron chi connectivity index (χ1n) is 8.93. The second kappa shape index (κ2) is 7.96. The van der Waals surface area contributed by atoms with Crippen molar-refractivity contribution in [1.29, 1.82) is 0 Å². The molecule has 0 aliphatic carbocycles. The summed E-state index contributed by atoms with van der Waals surface area (Å²) in [7, 11) is 0. The van der Waals surface area contributed by atoms with Gasteiger partial charge in [0.15, 0.2) is 0 Å². The van der Waals surface area contributed by atoms with E-state index in [-0.39, 0.29) is 0 Å². The van der Waals surface area contributed by atoms with E-state index >= 15 is 0 Å². The van der Waals surface area contributed by atoms with Crippen molar-refractivity contribution in [2.45, 2.75) is 39.5 Å². The smallest absolute Gasteiger partial charge is 0.120 e. The summed E-state index contributed by atoms with van der Waals surface area (Å²) < 4.78 is 5.64. The van der Waals surface area contributed by atoms with Crippen molar-refractivity contribution in [3.63, 3.8) is 0 Å². The molecule has 1 heterocycles. The number of pyridine rings is 1. The highest BCUT2D eigenvalue weighted by molar-refractivity contribution is 5.84. The molecule has 1 aromatic heterocycles. The number of fused-ring (bicyclic) bond motifs is 1. The molecule has 2 nitrogen and oxygen atoms in total. The van der Waals surface area contributed by atoms with E-state index in [2.05, 4.69) is 55.5 Å². The summed E-state index contributed by atoms with van der Waals surface area (Å²) in [5.41, 5.74) is 4.66. The maximum atomic E-state index is 5.64. The number of rotatable bonds is 7. The Morgan fingerprint density at radius 3 is 2.50 bits per heavy atom. The third-order valence-corrected chi connectivity index (χ3v) is 4.27. The Morgan fingerprint density at radius 1 is 0.917 bits per heavy atom. The molecule has 3 aromatic rings. The highest BCUT2D eigenvalue weighted by Crippen LogP contribution is 2.29. The van der Waals surface area contributed by atoms with Crippen molar-refractivity contribution in [1.82, 2.24) is 4.98 Å². The Kier molecular flexibility index (Phi) is 5.47. The average Bonchev–Trinajstić information content (AvgIpc) is 2.62. The van der Waals surface area contributed by atoms with Gasteiger partial charge in [-0.3, -0.25) is 0 Å². The van der Waals surface area contributed by atoms with Crippen LogP contribution in [0.1, 0.15) is 38.7 Å². The first-order chi connectivity index (χ1) is 11.8. The van der Waals surface area contributed by atoms with Crippen LogP contribution >= 0.6 is 0 Å². The normalized spacial score (nSPS) is 10.9. The molecule has 0 saturated carbocycles. The average molecular weight is 319 g/mol. The summed E-state index contributed by atoms with van der Waals surface area (Å²) in [5.74, 6) is 0.916. The Morgan fingerprint density at radius 2 is 1.75 bits per heavy atom. The molecule has 0 aliphatic rings. The second-order valence-electron chi connectivity index (χ2n) is 6.11. The van der Waals surface area contributed by atoms with Crippen molar-refractivity contribution in [3.05, 3.63) is 60.2 Å². The molecule has 0 unspecified atom stereocenters. The molecule has 3 rings (SSSR count). The number of unbranched alkanes of at least 4 members (excludes halogenated alkanes) is 2. The summed E-state index contributed by atoms with van der Waals surface area (Å²) in [6.07, 6.45) is 4.76. The van der Waals surface area contributed by atoms with Gasteiger partial charge in [-0.05, 0) is 49.6 Å². The predicted molar refractivity (Wildman–Crippen MR) is 102 cm³/mol. The van der Waals surface area contributed by atoms with Crippen LogP contribution in [0.4, 0.5) is 0 Å². The first kappa shape index (κ1) is 16.5. The van der Waals surface area contributed by atoms with Crippen molar-refractivity contribution in [2.75, 3.05) is 6.61 Å². The summed E-state index contributed by atoms with van der Waals surface area (Å²) in [6, 6.07) is 19.0. The number of aryl methyl sites for hydroxylation is 1. The highest BCUT2D eigenvalue weighted by Gasteiger charge is 2.10. The van der Waals surface area contributed by atoms with Gasteiger partial charge >= 0.3 is 0 Å². The molecule has 0 N–H and O–H groups in total. The number of nitrogens with zero attached hydrogens (tertiary/aromatic N) is 1. The van der Waals surface area contributed by atoms with Crippen LogP contribution in [-0.4, -0.2) is 11.6 Å². The van der Waals surface area contributed by atoms with Crippen LogP contribution in [0.5, 0.6) is 5.75 Å². The maximum absolute atomic E-state index is 5.64. The van der Waals surface area contributed by atoms with Crippen LogP contribution < -0.4 is 4.74 Å². The van der Waals surface area contributed by atoms with Crippen LogP contribution in [0.25, 0.3) is 22.2 Å². The molecule has 0 aliphatic heterocycles. The van der Waals surface area contributed by atoms with E-state index in [1.54, 1.807) is 0 Å². The summed E-state index contributed by atoms with van der Waals surface area (Å²) >= 11 is 0. The standard InChI is InChI=1S/C22H25NO/c1-3-5-7-12-18-15-19-16-20(24-4-2)13-14-21(19)23-22(18)17-10-8-6-9-11-17/h6,8-11,13-16H,3-5,7,12H2,1-2H3. The lowest BCUT2D eigenvalue weighted by Crippen LogP contribution is -1.96. The topological polar surface area (TPSA) is 22.1 Å². The zero-order valence-corrected chi connectivity index (χ0v) is 14.6. The molecule has 0 bridgehead atoms. The minimum atomic E-state index is 0.685. The van der Waals surface area contributed by atoms with Gasteiger partial charge in [0.05, 0.1) is 17.8 Å². The maximum Gasteiger partial charge on any atom is 0.120 e. The molecule has 24 heavy (non-hydrogen) atoms. The Bertz CT molecular complexity index is 796. The molecular formula is C22H25NO. The van der Waals surface area contributed by atoms with Crippen LogP contribution in [0.3, 0.4) is 0 Å². The minimum absolute atomic E-state index is 0.685. The molecule has 0 fully saturated rings. The molecule has 2 heteroatoms. The molecule has 2 aromatic carbocycles. The Balaban J connectivity index is 2.06. The van der Waals surface area contributed by atoms with Gasteiger partial charge in [-0.2, -0.15) is 0 Å². The van der Waals surface area contributed by atoms with Crippen LogP contribution in [0.15, 0.2) is 54.6 Å². The number of hydrogen-bond acceptors (Lipinski definition) is 2. The molecule has 124 valence electrons. The largest absolute Gasteiger partial charge is 0.494 e. The van der Waals surface area contributed by atoms with E-state index in [0.717, 1.165) is 28.8 Å². The lowest BCUT2D eigenvalue weighted by atomic mass is 9.98. The molecule has 0 spiro atoms. The van der Waals surface area contributed by atoms with Crippen LogP contribution in [-0.2, 0) is 6.42 Å². The lowest BCUT2D eigenvalue weighted by Gasteiger charge is -2.12. The zero-order valence-electron chi connectivity index (χ0n) is 14.6. The quantitative estimate of drug-likeness (QED) is 0.496. The zero-order chi connectivity index (χ0) is 16.8. The third-order valence-electron chi connectivity index (χ3n) is 4.27. The number of aromatic nitrogens is 1. The fourth-order valence-electron chi connectivity index (χ4n) is 3.06. The third kappa shape index (κ3) is 3.76. The molecule has 0 atom stereocenters. The molecule has 0 saturated heterocycles. The number of benzene rings is 2. The Labute approximate surface area is 144 Å². The molecule has 0 amide bonds. The van der Waals surface area contributed by atoms with Gasteiger partial charge in [0, 0.05) is 10.9 Å². The monoisotopic (exact) mass is 319 g/mol. The van der Waals surface area contributed by atoms with Gasteiger partial charge < -0.3 is 4.74 Å². The molecule has 0 radical (unpaired) electrons. The first-order valence-corrected chi connectivity index (χ1v) is 8.93. The van der Waals surface area contributed by atoms with E-state index in [9.17, 15) is 0 Å². The van der Waals surface area contributed by atoms with Gasteiger partial charge in [0.1, 0.15) is 5.75 Å². The number of ether oxygens (including phenoxy) is 1. The van der Waals surface area contributed by atoms with E-state index in [0.29, 0.717) is 6.61 Å². The van der Waals surface area contributed by atoms with Crippen molar-refractivity contribution < 1.29 is 4.74 Å². The lowest BCUT2D eigenvalue weighted by molar-refractivity contribution is 0.340. The SMILES string of the molecule is CCCCCc1cc2cc(OCC)ccc2nc1-c1ccccc1. The van der Waals surface area contributed by atoms with Gasteiger partial charge in [0.25, 0.3) is 0 Å². The Hall–Kier alpha value is -2.35. The fourth-order valence-corrected chi connectivity index (χ4v) is 3.06. The van der Waals surface area contributed by atoms with Crippen LogP contribution in [0, 0.1) is 0 Å². The van der Waals surface area contributed by atoms with E-state index < -0.39 is 0 Å². The van der Waals surface area contributed by atoms with Gasteiger partial charge in [-0.1, -0.05) is 50.1 Å². The van der Waals surface area contributed by atoms with Crippen LogP contribution in [0.2, 0.25) is 0 Å². The van der Waals surface area contributed by atoms with E-state index in [1.807, 2.05) is 13.0 Å².